The van der Waals surface area contributed by atoms with Crippen molar-refractivity contribution in [2.45, 2.75) is 0 Å². The highest BCUT2D eigenvalue weighted by atomic mass is 16.2. The van der Waals surface area contributed by atoms with Crippen LogP contribution in [0.5, 0.6) is 0 Å². The average molecular weight is 542 g/mol. The number of fused-ring (bicyclic) bond motifs is 4. The monoisotopic (exact) mass is 541 g/mol. The fraction of sp³-hybridized carbons (Fsp3) is 0. The van der Waals surface area contributed by atoms with Crippen molar-refractivity contribution in [1.82, 2.24) is 9.55 Å². The van der Waals surface area contributed by atoms with E-state index in [1.807, 2.05) is 97.2 Å². The normalized spacial score (nSPS) is 12.8. The van der Waals surface area contributed by atoms with Gasteiger partial charge in [0.05, 0.1) is 33.5 Å². The van der Waals surface area contributed by atoms with Crippen molar-refractivity contribution in [3.63, 3.8) is 0 Å². The second-order valence-corrected chi connectivity index (χ2v) is 10.4. The lowest BCUT2D eigenvalue weighted by molar-refractivity contribution is 0.0926. The van der Waals surface area contributed by atoms with Crippen molar-refractivity contribution in [3.8, 4) is 27.9 Å². The Morgan fingerprint density at radius 3 is 2.05 bits per heavy atom. The highest BCUT2D eigenvalue weighted by Crippen LogP contribution is 2.39. The summed E-state index contributed by atoms with van der Waals surface area (Å²) in [7, 11) is 0. The molecule has 5 aromatic carbocycles. The smallest absolute Gasteiger partial charge is 0.268 e. The van der Waals surface area contributed by atoms with Gasteiger partial charge in [0.15, 0.2) is 0 Å². The molecule has 0 aliphatic carbocycles. The van der Waals surface area contributed by atoms with Crippen molar-refractivity contribution in [2.24, 2.45) is 0 Å². The molecule has 5 heteroatoms. The van der Waals surface area contributed by atoms with Gasteiger partial charge in [0.2, 0.25) is 0 Å². The molecular weight excluding hydrogens is 518 g/mol. The van der Waals surface area contributed by atoms with Gasteiger partial charge in [-0.3, -0.25) is 14.6 Å². The molecule has 0 atom stereocenters. The highest BCUT2D eigenvalue weighted by Gasteiger charge is 2.39. The Morgan fingerprint density at radius 2 is 1.24 bits per heavy atom. The minimum atomic E-state index is -0.326. The van der Waals surface area contributed by atoms with Crippen molar-refractivity contribution in [2.75, 3.05) is 4.90 Å². The summed E-state index contributed by atoms with van der Waals surface area (Å²) in [5, 5.41) is 2.15. The van der Waals surface area contributed by atoms with E-state index < -0.39 is 0 Å². The Hall–Kier alpha value is -5.81. The van der Waals surface area contributed by atoms with E-state index in [1.165, 1.54) is 4.90 Å². The molecule has 1 aliphatic heterocycles. The zero-order chi connectivity index (χ0) is 28.2. The van der Waals surface area contributed by atoms with Crippen LogP contribution in [0.4, 0.5) is 5.69 Å². The van der Waals surface area contributed by atoms with Crippen LogP contribution < -0.4 is 4.90 Å². The van der Waals surface area contributed by atoms with Crippen LogP contribution in [0.3, 0.4) is 0 Å². The van der Waals surface area contributed by atoms with Crippen molar-refractivity contribution in [1.29, 1.82) is 0 Å². The molecule has 0 saturated carbocycles. The van der Waals surface area contributed by atoms with Gasteiger partial charge < -0.3 is 4.57 Å². The number of carbonyl (C=O) groups excluding carboxylic acids is 2. The van der Waals surface area contributed by atoms with Gasteiger partial charge in [-0.1, -0.05) is 84.9 Å². The number of nitrogens with zero attached hydrogens (tertiary/aromatic N) is 3. The summed E-state index contributed by atoms with van der Waals surface area (Å²) < 4.78 is 2.11. The number of anilines is 1. The van der Waals surface area contributed by atoms with Crippen molar-refractivity contribution >= 4 is 39.3 Å². The minimum absolute atomic E-state index is 0.318. The first kappa shape index (κ1) is 24.0. The van der Waals surface area contributed by atoms with E-state index in [2.05, 4.69) is 39.9 Å². The largest absolute Gasteiger partial charge is 0.308 e. The van der Waals surface area contributed by atoms with Gasteiger partial charge in [-0.05, 0) is 59.2 Å². The third-order valence-electron chi connectivity index (χ3n) is 8.04. The Kier molecular flexibility index (Phi) is 5.37. The molecule has 1 aliphatic rings. The van der Waals surface area contributed by atoms with Crippen LogP contribution in [0.15, 0.2) is 140 Å². The highest BCUT2D eigenvalue weighted by molar-refractivity contribution is 6.35. The molecular formula is C37H23N3O2. The van der Waals surface area contributed by atoms with E-state index in [1.54, 1.807) is 12.3 Å². The van der Waals surface area contributed by atoms with E-state index in [0.717, 1.165) is 44.1 Å². The molecule has 0 spiro atoms. The lowest BCUT2D eigenvalue weighted by Crippen LogP contribution is -2.29. The second kappa shape index (κ2) is 9.39. The fourth-order valence-electron chi connectivity index (χ4n) is 6.07. The second-order valence-electron chi connectivity index (χ2n) is 10.4. The van der Waals surface area contributed by atoms with Crippen LogP contribution in [0, 0.1) is 0 Å². The number of para-hydroxylation sites is 1. The predicted octanol–water partition coefficient (Wildman–Crippen LogP) is 8.31. The topological polar surface area (TPSA) is 55.2 Å². The first-order chi connectivity index (χ1) is 20.7. The molecule has 0 saturated heterocycles. The quantitative estimate of drug-likeness (QED) is 0.211. The maximum absolute atomic E-state index is 14.1. The Morgan fingerprint density at radius 1 is 0.524 bits per heavy atom. The molecule has 42 heavy (non-hydrogen) atoms. The van der Waals surface area contributed by atoms with Crippen LogP contribution in [0.2, 0.25) is 0 Å². The first-order valence-electron chi connectivity index (χ1n) is 13.8. The molecule has 0 bridgehead atoms. The van der Waals surface area contributed by atoms with E-state index in [-0.39, 0.29) is 11.8 Å². The lowest BCUT2D eigenvalue weighted by atomic mass is 10.0. The Labute approximate surface area is 241 Å². The van der Waals surface area contributed by atoms with Crippen molar-refractivity contribution in [3.05, 3.63) is 151 Å². The summed E-state index contributed by atoms with van der Waals surface area (Å²) in [6.45, 7) is 0. The predicted molar refractivity (Wildman–Crippen MR) is 167 cm³/mol. The third-order valence-corrected chi connectivity index (χ3v) is 8.04. The molecule has 0 N–H and O–H groups in total. The Balaban J connectivity index is 1.29. The summed E-state index contributed by atoms with van der Waals surface area (Å²) in [6, 6.07) is 41.6. The first-order valence-corrected chi connectivity index (χ1v) is 13.8. The molecule has 198 valence electrons. The van der Waals surface area contributed by atoms with Gasteiger partial charge in [0.1, 0.15) is 0 Å². The lowest BCUT2D eigenvalue weighted by Gasteiger charge is -2.15. The summed E-state index contributed by atoms with van der Waals surface area (Å²) in [6.07, 6.45) is 3.60. The molecule has 0 fully saturated rings. The number of imide groups is 1. The van der Waals surface area contributed by atoms with E-state index in [9.17, 15) is 9.59 Å². The number of benzene rings is 5. The zero-order valence-corrected chi connectivity index (χ0v) is 22.4. The number of aromatic nitrogens is 2. The molecule has 5 nitrogen and oxygen atoms in total. The van der Waals surface area contributed by atoms with Gasteiger partial charge in [-0.25, -0.2) is 4.90 Å². The van der Waals surface area contributed by atoms with E-state index in [0.29, 0.717) is 22.5 Å². The molecule has 2 aromatic heterocycles. The summed E-state index contributed by atoms with van der Waals surface area (Å²) in [5.74, 6) is -0.645. The minimum Gasteiger partial charge on any atom is -0.308 e. The SMILES string of the molecule is O=C1c2cccc(-n3c4ccccc4c4ccc(-c5cccnc5)cc43)c2C(=O)N1c1ccc(-c2ccccc2)cc1. The van der Waals surface area contributed by atoms with Crippen LogP contribution in [0.1, 0.15) is 20.7 Å². The molecule has 2 amide bonds. The standard InChI is InChI=1S/C37H23N3O2/c41-36-31-12-6-14-33(35(31)37(42)39(36)28-18-15-25(16-19-28)24-8-2-1-3-9-24)40-32-13-5-4-11-29(32)30-20-17-26(22-34(30)40)27-10-7-21-38-23-27/h1-23H. The average Bonchev–Trinajstić information content (AvgIpc) is 3.52. The maximum Gasteiger partial charge on any atom is 0.268 e. The van der Waals surface area contributed by atoms with Crippen LogP contribution in [0.25, 0.3) is 49.7 Å². The fourth-order valence-corrected chi connectivity index (χ4v) is 6.07. The summed E-state index contributed by atoms with van der Waals surface area (Å²) >= 11 is 0. The number of pyridine rings is 1. The van der Waals surface area contributed by atoms with E-state index >= 15 is 0 Å². The van der Waals surface area contributed by atoms with Gasteiger partial charge in [-0.15, -0.1) is 0 Å². The Bertz CT molecular complexity index is 2170. The van der Waals surface area contributed by atoms with Gasteiger partial charge >= 0.3 is 0 Å². The third kappa shape index (κ3) is 3.61. The van der Waals surface area contributed by atoms with Crippen LogP contribution in [-0.4, -0.2) is 21.4 Å². The molecule has 0 unspecified atom stereocenters. The van der Waals surface area contributed by atoms with Gasteiger partial charge in [0, 0.05) is 28.7 Å². The van der Waals surface area contributed by atoms with Crippen molar-refractivity contribution < 1.29 is 9.59 Å². The molecule has 7 aromatic rings. The molecule has 3 heterocycles. The number of rotatable bonds is 4. The van der Waals surface area contributed by atoms with Crippen LogP contribution in [-0.2, 0) is 0 Å². The molecule has 8 rings (SSSR count). The number of amides is 2. The van der Waals surface area contributed by atoms with Gasteiger partial charge in [0.25, 0.3) is 11.8 Å². The zero-order valence-electron chi connectivity index (χ0n) is 22.4. The van der Waals surface area contributed by atoms with Crippen LogP contribution >= 0.6 is 0 Å². The van der Waals surface area contributed by atoms with E-state index in [4.69, 9.17) is 0 Å². The maximum atomic E-state index is 14.1. The summed E-state index contributed by atoms with van der Waals surface area (Å²) in [4.78, 5) is 33.4. The number of hydrogen-bond donors (Lipinski definition) is 0. The van der Waals surface area contributed by atoms with Gasteiger partial charge in [-0.2, -0.15) is 0 Å². The number of carbonyl (C=O) groups is 2. The molecule has 0 radical (unpaired) electrons. The summed E-state index contributed by atoms with van der Waals surface area (Å²) in [5.41, 5.74) is 8.09. The number of hydrogen-bond acceptors (Lipinski definition) is 3.